The van der Waals surface area contributed by atoms with Gasteiger partial charge in [-0.1, -0.05) is 25.2 Å². The highest BCUT2D eigenvalue weighted by Gasteiger charge is 2.06. The topological polar surface area (TPSA) is 32.7 Å². The van der Waals surface area contributed by atoms with Crippen LogP contribution in [0.5, 0.6) is 5.75 Å². The third-order valence-corrected chi connectivity index (χ3v) is 3.11. The van der Waals surface area contributed by atoms with Crippen LogP contribution >= 0.6 is 0 Å². The maximum absolute atomic E-state index is 8.81. The van der Waals surface area contributed by atoms with Gasteiger partial charge in [-0.05, 0) is 43.8 Å². The van der Waals surface area contributed by atoms with Crippen molar-refractivity contribution in [2.75, 3.05) is 27.3 Å². The summed E-state index contributed by atoms with van der Waals surface area (Å²) in [5.41, 5.74) is 2.19. The van der Waals surface area contributed by atoms with Crippen LogP contribution in [-0.2, 0) is 6.54 Å². The zero-order valence-electron chi connectivity index (χ0n) is 12.8. The molecule has 0 heterocycles. The molecule has 0 radical (unpaired) electrons. The Morgan fingerprint density at radius 1 is 1.35 bits per heavy atom. The van der Waals surface area contributed by atoms with Crippen LogP contribution in [-0.4, -0.2) is 37.3 Å². The summed E-state index contributed by atoms with van der Waals surface area (Å²) >= 11 is 0. The first-order valence-corrected chi connectivity index (χ1v) is 7.16. The van der Waals surface area contributed by atoms with Gasteiger partial charge in [-0.2, -0.15) is 0 Å². The Morgan fingerprint density at radius 2 is 2.15 bits per heavy atom. The Kier molecular flexibility index (Phi) is 7.79. The summed E-state index contributed by atoms with van der Waals surface area (Å²) in [6, 6.07) is 5.97. The largest absolute Gasteiger partial charge is 0.497 e. The molecule has 1 N–H and O–H groups in total. The molecule has 3 heteroatoms. The second-order valence-corrected chi connectivity index (χ2v) is 4.89. The Bertz CT molecular complexity index is 460. The van der Waals surface area contributed by atoms with E-state index in [4.69, 9.17) is 9.84 Å². The minimum absolute atomic E-state index is 0.106. The van der Waals surface area contributed by atoms with Crippen LogP contribution < -0.4 is 4.74 Å². The standard InChI is InChI=1S/C17H25NO2/c1-4-5-11-18(2)14-16-13-17(20-3)10-9-15(16)8-6-7-12-19/h9-10,13,19H,4-5,7,11-12,14H2,1-3H3. The summed E-state index contributed by atoms with van der Waals surface area (Å²) in [6.07, 6.45) is 2.91. The third-order valence-electron chi connectivity index (χ3n) is 3.11. The fourth-order valence-electron chi connectivity index (χ4n) is 1.96. The molecule has 110 valence electrons. The van der Waals surface area contributed by atoms with E-state index in [0.717, 1.165) is 24.4 Å². The quantitative estimate of drug-likeness (QED) is 0.777. The number of hydrogen-bond acceptors (Lipinski definition) is 3. The Morgan fingerprint density at radius 3 is 2.80 bits per heavy atom. The molecule has 0 aliphatic rings. The molecule has 1 aromatic carbocycles. The highest BCUT2D eigenvalue weighted by molar-refractivity contribution is 5.45. The molecule has 0 atom stereocenters. The number of unbranched alkanes of at least 4 members (excludes halogenated alkanes) is 1. The molecule has 3 nitrogen and oxygen atoms in total. The number of aliphatic hydroxyl groups is 1. The van der Waals surface area contributed by atoms with E-state index < -0.39 is 0 Å². The van der Waals surface area contributed by atoms with Crippen molar-refractivity contribution in [2.45, 2.75) is 32.7 Å². The molecule has 0 fully saturated rings. The van der Waals surface area contributed by atoms with E-state index in [-0.39, 0.29) is 6.61 Å². The van der Waals surface area contributed by atoms with Gasteiger partial charge in [0.2, 0.25) is 0 Å². The van der Waals surface area contributed by atoms with Crippen LogP contribution in [0.1, 0.15) is 37.3 Å². The average Bonchev–Trinajstić information content (AvgIpc) is 2.46. The van der Waals surface area contributed by atoms with Crippen molar-refractivity contribution in [3.8, 4) is 17.6 Å². The van der Waals surface area contributed by atoms with Crippen molar-refractivity contribution in [3.05, 3.63) is 29.3 Å². The molecule has 0 saturated carbocycles. The van der Waals surface area contributed by atoms with Gasteiger partial charge < -0.3 is 14.7 Å². The SMILES string of the molecule is CCCCN(C)Cc1cc(OC)ccc1C#CCCO. The Labute approximate surface area is 122 Å². The number of nitrogens with zero attached hydrogens (tertiary/aromatic N) is 1. The van der Waals surface area contributed by atoms with Gasteiger partial charge >= 0.3 is 0 Å². The minimum atomic E-state index is 0.106. The number of aliphatic hydroxyl groups excluding tert-OH is 1. The molecule has 0 aliphatic carbocycles. The summed E-state index contributed by atoms with van der Waals surface area (Å²) < 4.78 is 5.29. The second kappa shape index (κ2) is 9.41. The van der Waals surface area contributed by atoms with Crippen LogP contribution in [0.3, 0.4) is 0 Å². The van der Waals surface area contributed by atoms with E-state index in [1.807, 2.05) is 18.2 Å². The summed E-state index contributed by atoms with van der Waals surface area (Å²) in [6.45, 7) is 4.25. The van der Waals surface area contributed by atoms with E-state index in [0.29, 0.717) is 6.42 Å². The average molecular weight is 275 g/mol. The monoisotopic (exact) mass is 275 g/mol. The summed E-state index contributed by atoms with van der Waals surface area (Å²) in [7, 11) is 3.80. The van der Waals surface area contributed by atoms with Gasteiger partial charge in [-0.3, -0.25) is 0 Å². The number of benzene rings is 1. The maximum Gasteiger partial charge on any atom is 0.119 e. The molecule has 1 rings (SSSR count). The van der Waals surface area contributed by atoms with Gasteiger partial charge in [-0.25, -0.2) is 0 Å². The molecule has 0 unspecified atom stereocenters. The van der Waals surface area contributed by atoms with Crippen molar-refractivity contribution in [3.63, 3.8) is 0 Å². The van der Waals surface area contributed by atoms with E-state index in [1.54, 1.807) is 7.11 Å². The molecule has 0 aliphatic heterocycles. The minimum Gasteiger partial charge on any atom is -0.497 e. The van der Waals surface area contributed by atoms with Crippen molar-refractivity contribution < 1.29 is 9.84 Å². The van der Waals surface area contributed by atoms with Crippen LogP contribution in [0.25, 0.3) is 0 Å². The summed E-state index contributed by atoms with van der Waals surface area (Å²) in [5, 5.41) is 8.81. The smallest absolute Gasteiger partial charge is 0.119 e. The van der Waals surface area contributed by atoms with E-state index >= 15 is 0 Å². The Balaban J connectivity index is 2.86. The predicted octanol–water partition coefficient (Wildman–Crippen LogP) is 2.66. The number of rotatable bonds is 7. The predicted molar refractivity (Wildman–Crippen MR) is 82.8 cm³/mol. The third kappa shape index (κ3) is 5.64. The van der Waals surface area contributed by atoms with Gasteiger partial charge in [-0.15, -0.1) is 0 Å². The zero-order valence-corrected chi connectivity index (χ0v) is 12.8. The van der Waals surface area contributed by atoms with Crippen molar-refractivity contribution in [2.24, 2.45) is 0 Å². The molecule has 0 spiro atoms. The second-order valence-electron chi connectivity index (χ2n) is 4.89. The van der Waals surface area contributed by atoms with E-state index in [2.05, 4.69) is 30.7 Å². The fourth-order valence-corrected chi connectivity index (χ4v) is 1.96. The highest BCUT2D eigenvalue weighted by Crippen LogP contribution is 2.18. The number of hydrogen-bond donors (Lipinski definition) is 1. The lowest BCUT2D eigenvalue weighted by atomic mass is 10.1. The van der Waals surface area contributed by atoms with Crippen LogP contribution in [0.4, 0.5) is 0 Å². The molecule has 0 bridgehead atoms. The lowest BCUT2D eigenvalue weighted by molar-refractivity contribution is 0.305. The van der Waals surface area contributed by atoms with E-state index in [9.17, 15) is 0 Å². The van der Waals surface area contributed by atoms with Crippen LogP contribution in [0.2, 0.25) is 0 Å². The summed E-state index contributed by atoms with van der Waals surface area (Å²) in [5.74, 6) is 6.98. The first-order chi connectivity index (χ1) is 9.71. The van der Waals surface area contributed by atoms with Crippen molar-refractivity contribution in [1.82, 2.24) is 4.90 Å². The van der Waals surface area contributed by atoms with Gasteiger partial charge in [0.15, 0.2) is 0 Å². The van der Waals surface area contributed by atoms with Crippen molar-refractivity contribution in [1.29, 1.82) is 0 Å². The number of methoxy groups -OCH3 is 1. The first-order valence-electron chi connectivity index (χ1n) is 7.16. The molecule has 1 aromatic rings. The molecule has 0 saturated heterocycles. The molecule has 0 aromatic heterocycles. The molecular formula is C17H25NO2. The zero-order chi connectivity index (χ0) is 14.8. The normalized spacial score (nSPS) is 10.2. The molecule has 20 heavy (non-hydrogen) atoms. The summed E-state index contributed by atoms with van der Waals surface area (Å²) in [4.78, 5) is 2.30. The molecule has 0 amide bonds. The van der Waals surface area contributed by atoms with Crippen molar-refractivity contribution >= 4 is 0 Å². The Hall–Kier alpha value is -1.50. The van der Waals surface area contributed by atoms with Gasteiger partial charge in [0, 0.05) is 18.5 Å². The highest BCUT2D eigenvalue weighted by atomic mass is 16.5. The molecular weight excluding hydrogens is 250 g/mol. The maximum atomic E-state index is 8.81. The van der Waals surface area contributed by atoms with Crippen LogP contribution in [0, 0.1) is 11.8 Å². The lowest BCUT2D eigenvalue weighted by Gasteiger charge is -2.17. The first kappa shape index (κ1) is 16.6. The number of ether oxygens (including phenoxy) is 1. The van der Waals surface area contributed by atoms with E-state index in [1.165, 1.54) is 18.4 Å². The van der Waals surface area contributed by atoms with Gasteiger partial charge in [0.1, 0.15) is 5.75 Å². The lowest BCUT2D eigenvalue weighted by Crippen LogP contribution is -2.19. The van der Waals surface area contributed by atoms with Gasteiger partial charge in [0.25, 0.3) is 0 Å². The van der Waals surface area contributed by atoms with Crippen LogP contribution in [0.15, 0.2) is 18.2 Å². The van der Waals surface area contributed by atoms with Gasteiger partial charge in [0.05, 0.1) is 13.7 Å². The fraction of sp³-hybridized carbons (Fsp3) is 0.529.